The van der Waals surface area contributed by atoms with Gasteiger partial charge in [0.15, 0.2) is 5.69 Å². The molecular formula is C17H15ClF3N5O. The average Bonchev–Trinajstić information content (AvgIpc) is 3.14. The van der Waals surface area contributed by atoms with E-state index >= 15 is 0 Å². The van der Waals surface area contributed by atoms with Gasteiger partial charge in [-0.2, -0.15) is 23.4 Å². The van der Waals surface area contributed by atoms with Crippen molar-refractivity contribution in [1.29, 1.82) is 0 Å². The number of aromatic nitrogens is 4. The SMILES string of the molecule is Cc1cc(C(F)(F)F)nn1CC(=O)Nc1cnn(Cc2cccc(Cl)c2)c1. The molecule has 0 aliphatic rings. The summed E-state index contributed by atoms with van der Waals surface area (Å²) in [4.78, 5) is 12.1. The molecule has 1 aromatic carbocycles. The number of amides is 1. The Balaban J connectivity index is 1.62. The normalized spacial score (nSPS) is 11.6. The molecule has 142 valence electrons. The molecule has 0 atom stereocenters. The van der Waals surface area contributed by atoms with Gasteiger partial charge in [0.25, 0.3) is 0 Å². The molecule has 0 saturated carbocycles. The third kappa shape index (κ3) is 4.88. The van der Waals surface area contributed by atoms with Crippen LogP contribution in [0.15, 0.2) is 42.7 Å². The van der Waals surface area contributed by atoms with Gasteiger partial charge in [-0.3, -0.25) is 14.2 Å². The van der Waals surface area contributed by atoms with Crippen LogP contribution in [0.25, 0.3) is 0 Å². The summed E-state index contributed by atoms with van der Waals surface area (Å²) in [6.07, 6.45) is -1.47. The van der Waals surface area contributed by atoms with Crippen LogP contribution < -0.4 is 5.32 Å². The first kappa shape index (κ1) is 19.0. The van der Waals surface area contributed by atoms with Gasteiger partial charge >= 0.3 is 6.18 Å². The Hall–Kier alpha value is -2.81. The average molecular weight is 398 g/mol. The quantitative estimate of drug-likeness (QED) is 0.713. The smallest absolute Gasteiger partial charge is 0.322 e. The summed E-state index contributed by atoms with van der Waals surface area (Å²) >= 11 is 5.94. The third-order valence-corrected chi connectivity index (χ3v) is 3.95. The van der Waals surface area contributed by atoms with Crippen molar-refractivity contribution in [1.82, 2.24) is 19.6 Å². The Bertz CT molecular complexity index is 964. The van der Waals surface area contributed by atoms with Crippen molar-refractivity contribution in [2.45, 2.75) is 26.2 Å². The van der Waals surface area contributed by atoms with Crippen molar-refractivity contribution < 1.29 is 18.0 Å². The number of hydrogen-bond acceptors (Lipinski definition) is 3. The van der Waals surface area contributed by atoms with Gasteiger partial charge in [0.2, 0.25) is 5.91 Å². The highest BCUT2D eigenvalue weighted by molar-refractivity contribution is 6.30. The van der Waals surface area contributed by atoms with Crippen LogP contribution in [0.1, 0.15) is 17.0 Å². The first-order valence-electron chi connectivity index (χ1n) is 7.89. The second-order valence-corrected chi connectivity index (χ2v) is 6.37. The summed E-state index contributed by atoms with van der Waals surface area (Å²) in [5.74, 6) is -0.503. The molecule has 3 rings (SSSR count). The van der Waals surface area contributed by atoms with Gasteiger partial charge in [-0.25, -0.2) is 0 Å². The summed E-state index contributed by atoms with van der Waals surface area (Å²) in [6.45, 7) is 1.59. The van der Waals surface area contributed by atoms with Crippen molar-refractivity contribution in [3.63, 3.8) is 0 Å². The molecule has 3 aromatic rings. The van der Waals surface area contributed by atoms with Gasteiger partial charge in [-0.15, -0.1) is 0 Å². The first-order chi connectivity index (χ1) is 12.7. The second kappa shape index (κ2) is 7.43. The number of alkyl halides is 3. The number of aryl methyl sites for hydroxylation is 1. The van der Waals surface area contributed by atoms with Crippen LogP contribution in [0.3, 0.4) is 0 Å². The molecule has 2 heterocycles. The van der Waals surface area contributed by atoms with Gasteiger partial charge in [0.05, 0.1) is 18.4 Å². The van der Waals surface area contributed by atoms with E-state index in [0.717, 1.165) is 16.3 Å². The van der Waals surface area contributed by atoms with Gasteiger partial charge in [-0.1, -0.05) is 23.7 Å². The van der Waals surface area contributed by atoms with Crippen LogP contribution in [0.5, 0.6) is 0 Å². The molecule has 1 N–H and O–H groups in total. The van der Waals surface area contributed by atoms with E-state index in [1.165, 1.54) is 13.1 Å². The lowest BCUT2D eigenvalue weighted by atomic mass is 10.2. The summed E-state index contributed by atoms with van der Waals surface area (Å²) in [5, 5.41) is 10.8. The minimum Gasteiger partial charge on any atom is -0.322 e. The van der Waals surface area contributed by atoms with Gasteiger partial charge in [0.1, 0.15) is 6.54 Å². The number of carbonyl (C=O) groups is 1. The zero-order valence-electron chi connectivity index (χ0n) is 14.2. The van der Waals surface area contributed by atoms with Gasteiger partial charge in [-0.05, 0) is 30.7 Å². The molecule has 2 aromatic heterocycles. The molecule has 0 spiro atoms. The molecule has 0 bridgehead atoms. The molecule has 10 heteroatoms. The number of nitrogens with zero attached hydrogens (tertiary/aromatic N) is 4. The van der Waals surface area contributed by atoms with Gasteiger partial charge in [0, 0.05) is 16.9 Å². The Labute approximate surface area is 157 Å². The van der Waals surface area contributed by atoms with Crippen LogP contribution in [0.2, 0.25) is 5.02 Å². The molecule has 6 nitrogen and oxygen atoms in total. The predicted octanol–water partition coefficient (Wildman–Crippen LogP) is 3.75. The molecule has 0 saturated heterocycles. The highest BCUT2D eigenvalue weighted by Gasteiger charge is 2.34. The van der Waals surface area contributed by atoms with Crippen LogP contribution >= 0.6 is 11.6 Å². The predicted molar refractivity (Wildman–Crippen MR) is 93.4 cm³/mol. The number of benzene rings is 1. The van der Waals surface area contributed by atoms with E-state index in [-0.39, 0.29) is 12.2 Å². The molecule has 0 aliphatic carbocycles. The lowest BCUT2D eigenvalue weighted by molar-refractivity contribution is -0.141. The molecule has 0 fully saturated rings. The van der Waals surface area contributed by atoms with Crippen molar-refractivity contribution in [3.05, 3.63) is 64.7 Å². The lowest BCUT2D eigenvalue weighted by Gasteiger charge is -2.05. The van der Waals surface area contributed by atoms with Crippen LogP contribution in [0, 0.1) is 6.92 Å². The van der Waals surface area contributed by atoms with Crippen molar-refractivity contribution >= 4 is 23.2 Å². The zero-order chi connectivity index (χ0) is 19.6. The van der Waals surface area contributed by atoms with E-state index in [1.807, 2.05) is 12.1 Å². The first-order valence-corrected chi connectivity index (χ1v) is 8.27. The van der Waals surface area contributed by atoms with E-state index in [2.05, 4.69) is 15.5 Å². The van der Waals surface area contributed by atoms with E-state index in [1.54, 1.807) is 23.0 Å². The minimum atomic E-state index is -4.55. The number of carbonyl (C=O) groups excluding carboxylic acids is 1. The largest absolute Gasteiger partial charge is 0.435 e. The number of halogens is 4. The Morgan fingerprint density at radius 1 is 1.30 bits per heavy atom. The van der Waals surface area contributed by atoms with E-state index in [9.17, 15) is 18.0 Å². The summed E-state index contributed by atoms with van der Waals surface area (Å²) in [7, 11) is 0. The van der Waals surface area contributed by atoms with E-state index < -0.39 is 17.8 Å². The minimum absolute atomic E-state index is 0.245. The summed E-state index contributed by atoms with van der Waals surface area (Å²) in [5.41, 5.74) is 0.592. The maximum Gasteiger partial charge on any atom is 0.435 e. The fourth-order valence-electron chi connectivity index (χ4n) is 2.48. The Morgan fingerprint density at radius 3 is 2.74 bits per heavy atom. The second-order valence-electron chi connectivity index (χ2n) is 5.93. The van der Waals surface area contributed by atoms with Crippen molar-refractivity contribution in [2.75, 3.05) is 5.32 Å². The number of anilines is 1. The molecule has 1 amide bonds. The molecule has 0 radical (unpaired) electrons. The summed E-state index contributed by atoms with van der Waals surface area (Å²) < 4.78 is 40.7. The van der Waals surface area contributed by atoms with Crippen molar-refractivity contribution in [2.24, 2.45) is 0 Å². The Kier molecular flexibility index (Phi) is 5.22. The fraction of sp³-hybridized carbons (Fsp3) is 0.235. The topological polar surface area (TPSA) is 64.7 Å². The van der Waals surface area contributed by atoms with E-state index in [4.69, 9.17) is 11.6 Å². The van der Waals surface area contributed by atoms with Crippen LogP contribution in [0.4, 0.5) is 18.9 Å². The molecule has 27 heavy (non-hydrogen) atoms. The fourth-order valence-corrected chi connectivity index (χ4v) is 2.70. The zero-order valence-corrected chi connectivity index (χ0v) is 14.9. The number of hydrogen-bond donors (Lipinski definition) is 1. The lowest BCUT2D eigenvalue weighted by Crippen LogP contribution is -2.20. The number of rotatable bonds is 5. The Morgan fingerprint density at radius 2 is 2.07 bits per heavy atom. The van der Waals surface area contributed by atoms with Crippen molar-refractivity contribution in [3.8, 4) is 0 Å². The number of nitrogens with one attached hydrogen (secondary N) is 1. The maximum atomic E-state index is 12.7. The van der Waals surface area contributed by atoms with Crippen LogP contribution in [-0.4, -0.2) is 25.5 Å². The highest BCUT2D eigenvalue weighted by atomic mass is 35.5. The summed E-state index contributed by atoms with van der Waals surface area (Å²) in [6, 6.07) is 8.19. The standard InChI is InChI=1S/C17H15ClF3N5O/c1-11-5-15(17(19,20)21)24-26(11)10-16(27)23-14-7-22-25(9-14)8-12-3-2-4-13(18)6-12/h2-7,9H,8,10H2,1H3,(H,23,27). The van der Waals surface area contributed by atoms with Gasteiger partial charge < -0.3 is 5.32 Å². The molecular weight excluding hydrogens is 383 g/mol. The highest BCUT2D eigenvalue weighted by Crippen LogP contribution is 2.28. The third-order valence-electron chi connectivity index (χ3n) is 3.72. The molecule has 0 aliphatic heterocycles. The van der Waals surface area contributed by atoms with Crippen LogP contribution in [-0.2, 0) is 24.1 Å². The van der Waals surface area contributed by atoms with E-state index in [0.29, 0.717) is 17.3 Å². The maximum absolute atomic E-state index is 12.7. The molecule has 0 unspecified atom stereocenters. The monoisotopic (exact) mass is 397 g/mol.